The molecule has 5 nitrogen and oxygen atoms in total. The third-order valence-electron chi connectivity index (χ3n) is 2.28. The van der Waals surface area contributed by atoms with Crippen molar-refractivity contribution < 1.29 is 0 Å². The van der Waals surface area contributed by atoms with Crippen molar-refractivity contribution in [3.63, 3.8) is 0 Å². The third-order valence-corrected chi connectivity index (χ3v) is 2.28. The van der Waals surface area contributed by atoms with Crippen molar-refractivity contribution in [3.05, 3.63) is 17.5 Å². The molecule has 0 fully saturated rings. The van der Waals surface area contributed by atoms with Crippen LogP contribution in [0.15, 0.2) is 6.20 Å². The van der Waals surface area contributed by atoms with Gasteiger partial charge in [0.15, 0.2) is 0 Å². The van der Waals surface area contributed by atoms with Crippen molar-refractivity contribution in [2.75, 3.05) is 11.5 Å². The largest absolute Gasteiger partial charge is 0.383 e. The van der Waals surface area contributed by atoms with Gasteiger partial charge >= 0.3 is 0 Å². The highest BCUT2D eigenvalue weighted by Gasteiger charge is 2.08. The molecule has 4 N–H and O–H groups in total. The molecule has 2 heterocycles. The average Bonchev–Trinajstić information content (AvgIpc) is 2.10. The smallest absolute Gasteiger partial charge is 0.222 e. The SMILES string of the molecule is Cc1ncc2nc(N)nc(N)c2c1C. The van der Waals surface area contributed by atoms with Crippen LogP contribution in [-0.2, 0) is 0 Å². The zero-order valence-electron chi connectivity index (χ0n) is 8.07. The van der Waals surface area contributed by atoms with E-state index in [1.165, 1.54) is 0 Å². The predicted molar refractivity (Wildman–Crippen MR) is 55.6 cm³/mol. The third kappa shape index (κ3) is 1.14. The second-order valence-corrected chi connectivity index (χ2v) is 3.20. The summed E-state index contributed by atoms with van der Waals surface area (Å²) in [6, 6.07) is 0. The fraction of sp³-hybridized carbons (Fsp3) is 0.222. The molecular weight excluding hydrogens is 178 g/mol. The van der Waals surface area contributed by atoms with Gasteiger partial charge in [-0.15, -0.1) is 0 Å². The van der Waals surface area contributed by atoms with Gasteiger partial charge in [-0.3, -0.25) is 4.98 Å². The minimum absolute atomic E-state index is 0.181. The highest BCUT2D eigenvalue weighted by molar-refractivity contribution is 5.91. The average molecular weight is 189 g/mol. The van der Waals surface area contributed by atoms with Crippen molar-refractivity contribution in [3.8, 4) is 0 Å². The monoisotopic (exact) mass is 189 g/mol. The van der Waals surface area contributed by atoms with E-state index < -0.39 is 0 Å². The molecule has 72 valence electrons. The Kier molecular flexibility index (Phi) is 1.73. The molecular formula is C9H11N5. The summed E-state index contributed by atoms with van der Waals surface area (Å²) >= 11 is 0. The lowest BCUT2D eigenvalue weighted by molar-refractivity contribution is 1.15. The second-order valence-electron chi connectivity index (χ2n) is 3.20. The van der Waals surface area contributed by atoms with E-state index in [1.54, 1.807) is 6.20 Å². The maximum absolute atomic E-state index is 5.77. The van der Waals surface area contributed by atoms with Crippen molar-refractivity contribution in [2.45, 2.75) is 13.8 Å². The molecule has 0 saturated carbocycles. The molecule has 0 atom stereocenters. The quantitative estimate of drug-likeness (QED) is 0.639. The van der Waals surface area contributed by atoms with Gasteiger partial charge in [-0.2, -0.15) is 4.98 Å². The first-order chi connectivity index (χ1) is 6.59. The number of aromatic nitrogens is 3. The summed E-state index contributed by atoms with van der Waals surface area (Å²) in [6.07, 6.45) is 1.66. The van der Waals surface area contributed by atoms with Gasteiger partial charge in [0.25, 0.3) is 0 Å². The number of hydrogen-bond acceptors (Lipinski definition) is 5. The van der Waals surface area contributed by atoms with Crippen LogP contribution >= 0.6 is 0 Å². The van der Waals surface area contributed by atoms with E-state index in [0.717, 1.165) is 16.6 Å². The van der Waals surface area contributed by atoms with Gasteiger partial charge in [-0.25, -0.2) is 4.98 Å². The number of fused-ring (bicyclic) bond motifs is 1. The van der Waals surface area contributed by atoms with Crippen LogP contribution in [0.5, 0.6) is 0 Å². The van der Waals surface area contributed by atoms with Gasteiger partial charge < -0.3 is 11.5 Å². The molecule has 0 saturated heterocycles. The van der Waals surface area contributed by atoms with E-state index in [1.807, 2.05) is 13.8 Å². The number of nitrogen functional groups attached to an aromatic ring is 2. The molecule has 2 rings (SSSR count). The first-order valence-corrected chi connectivity index (χ1v) is 4.24. The fourth-order valence-corrected chi connectivity index (χ4v) is 1.43. The Labute approximate surface area is 81.2 Å². The summed E-state index contributed by atoms with van der Waals surface area (Å²) in [4.78, 5) is 12.2. The van der Waals surface area contributed by atoms with Crippen molar-refractivity contribution >= 4 is 22.7 Å². The molecule has 5 heteroatoms. The lowest BCUT2D eigenvalue weighted by Gasteiger charge is -2.06. The van der Waals surface area contributed by atoms with Crippen LogP contribution in [0.3, 0.4) is 0 Å². The van der Waals surface area contributed by atoms with Crippen molar-refractivity contribution in [1.82, 2.24) is 15.0 Å². The van der Waals surface area contributed by atoms with E-state index in [4.69, 9.17) is 11.5 Å². The number of aryl methyl sites for hydroxylation is 2. The zero-order valence-corrected chi connectivity index (χ0v) is 8.07. The highest BCUT2D eigenvalue weighted by atomic mass is 15.0. The molecule has 0 aromatic carbocycles. The number of pyridine rings is 1. The Hall–Kier alpha value is -1.91. The minimum Gasteiger partial charge on any atom is -0.383 e. The molecule has 0 aliphatic rings. The Morgan fingerprint density at radius 1 is 1.14 bits per heavy atom. The van der Waals surface area contributed by atoms with Gasteiger partial charge in [0.2, 0.25) is 5.95 Å². The molecule has 0 radical (unpaired) electrons. The predicted octanol–water partition coefficient (Wildman–Crippen LogP) is 0.806. The number of anilines is 2. The topological polar surface area (TPSA) is 90.7 Å². The molecule has 2 aromatic heterocycles. The van der Waals surface area contributed by atoms with Crippen LogP contribution in [-0.4, -0.2) is 15.0 Å². The molecule has 0 aliphatic heterocycles. The Balaban J connectivity index is 2.95. The van der Waals surface area contributed by atoms with Crippen molar-refractivity contribution in [2.24, 2.45) is 0 Å². The second kappa shape index (κ2) is 2.80. The van der Waals surface area contributed by atoms with E-state index in [9.17, 15) is 0 Å². The van der Waals surface area contributed by atoms with Gasteiger partial charge in [-0.05, 0) is 19.4 Å². The van der Waals surface area contributed by atoms with E-state index in [2.05, 4.69) is 15.0 Å². The van der Waals surface area contributed by atoms with Crippen LogP contribution < -0.4 is 11.5 Å². The summed E-state index contributed by atoms with van der Waals surface area (Å²) < 4.78 is 0. The maximum Gasteiger partial charge on any atom is 0.222 e. The first kappa shape index (κ1) is 8.68. The Morgan fingerprint density at radius 3 is 2.57 bits per heavy atom. The number of nitrogens with two attached hydrogens (primary N) is 2. The van der Waals surface area contributed by atoms with Crippen LogP contribution in [0, 0.1) is 13.8 Å². The molecule has 2 aromatic rings. The zero-order chi connectivity index (χ0) is 10.3. The van der Waals surface area contributed by atoms with Gasteiger partial charge in [-0.1, -0.05) is 0 Å². The Morgan fingerprint density at radius 2 is 1.86 bits per heavy atom. The van der Waals surface area contributed by atoms with E-state index in [-0.39, 0.29) is 5.95 Å². The van der Waals surface area contributed by atoms with Gasteiger partial charge in [0, 0.05) is 11.1 Å². The summed E-state index contributed by atoms with van der Waals surface area (Å²) in [6.45, 7) is 3.87. The minimum atomic E-state index is 0.181. The number of hydrogen-bond donors (Lipinski definition) is 2. The standard InChI is InChI=1S/C9H11N5/c1-4-5(2)12-3-6-7(4)8(10)14-9(11)13-6/h3H,1-2H3,(H4,10,11,13,14). The van der Waals surface area contributed by atoms with Gasteiger partial charge in [0.1, 0.15) is 5.82 Å². The lowest BCUT2D eigenvalue weighted by Crippen LogP contribution is -2.02. The first-order valence-electron chi connectivity index (χ1n) is 4.24. The summed E-state index contributed by atoms with van der Waals surface area (Å²) in [5.74, 6) is 0.593. The van der Waals surface area contributed by atoms with E-state index in [0.29, 0.717) is 11.3 Å². The van der Waals surface area contributed by atoms with Crippen LogP contribution in [0.25, 0.3) is 10.9 Å². The normalized spacial score (nSPS) is 10.7. The maximum atomic E-state index is 5.77. The summed E-state index contributed by atoms with van der Waals surface area (Å²) in [5.41, 5.74) is 13.9. The number of nitrogens with zero attached hydrogens (tertiary/aromatic N) is 3. The summed E-state index contributed by atoms with van der Waals surface area (Å²) in [5, 5.41) is 0.840. The molecule has 14 heavy (non-hydrogen) atoms. The number of rotatable bonds is 0. The van der Waals surface area contributed by atoms with E-state index >= 15 is 0 Å². The molecule has 0 bridgehead atoms. The van der Waals surface area contributed by atoms with Gasteiger partial charge in [0.05, 0.1) is 11.7 Å². The molecule has 0 spiro atoms. The summed E-state index contributed by atoms with van der Waals surface area (Å²) in [7, 11) is 0. The molecule has 0 amide bonds. The van der Waals surface area contributed by atoms with Crippen LogP contribution in [0.1, 0.15) is 11.3 Å². The Bertz CT molecular complexity index is 506. The lowest BCUT2D eigenvalue weighted by atomic mass is 10.1. The molecule has 0 unspecified atom stereocenters. The van der Waals surface area contributed by atoms with Crippen molar-refractivity contribution in [1.29, 1.82) is 0 Å². The molecule has 0 aliphatic carbocycles. The fourth-order valence-electron chi connectivity index (χ4n) is 1.43. The van der Waals surface area contributed by atoms with Crippen LogP contribution in [0.2, 0.25) is 0 Å². The highest BCUT2D eigenvalue weighted by Crippen LogP contribution is 2.23. The van der Waals surface area contributed by atoms with Crippen LogP contribution in [0.4, 0.5) is 11.8 Å².